The number of aliphatic hydroxyl groups is 1. The zero-order valence-corrected chi connectivity index (χ0v) is 11.8. The molecule has 0 fully saturated rings. The summed E-state index contributed by atoms with van der Waals surface area (Å²) in [4.78, 5) is 0. The summed E-state index contributed by atoms with van der Waals surface area (Å²) in [6, 6.07) is 7.97. The van der Waals surface area contributed by atoms with E-state index in [1.54, 1.807) is 13.8 Å². The molecule has 90 valence electrons. The first kappa shape index (κ1) is 13.7. The van der Waals surface area contributed by atoms with Crippen LogP contribution in [0.15, 0.2) is 28.7 Å². The van der Waals surface area contributed by atoms with E-state index in [-0.39, 0.29) is 0 Å². The van der Waals surface area contributed by atoms with Gasteiger partial charge in [0.1, 0.15) is 0 Å². The van der Waals surface area contributed by atoms with E-state index < -0.39 is 11.2 Å². The molecular weight excluding hydrogens is 268 g/mol. The van der Waals surface area contributed by atoms with Crippen molar-refractivity contribution < 1.29 is 9.84 Å². The van der Waals surface area contributed by atoms with Crippen LogP contribution in [0.5, 0.6) is 0 Å². The first-order valence-electron chi connectivity index (χ1n) is 5.33. The SMILES string of the molecule is CC(C)(O)C(C)(C)OCc1cccc(Br)c1. The second kappa shape index (κ2) is 4.86. The number of ether oxygens (including phenoxy) is 1. The van der Waals surface area contributed by atoms with E-state index >= 15 is 0 Å². The molecule has 1 aromatic carbocycles. The maximum atomic E-state index is 9.94. The Labute approximate surface area is 106 Å². The lowest BCUT2D eigenvalue weighted by Crippen LogP contribution is -2.47. The van der Waals surface area contributed by atoms with Crippen LogP contribution in [0.2, 0.25) is 0 Å². The van der Waals surface area contributed by atoms with Crippen LogP contribution in [0.1, 0.15) is 33.3 Å². The summed E-state index contributed by atoms with van der Waals surface area (Å²) in [7, 11) is 0. The van der Waals surface area contributed by atoms with Gasteiger partial charge < -0.3 is 9.84 Å². The van der Waals surface area contributed by atoms with Gasteiger partial charge >= 0.3 is 0 Å². The van der Waals surface area contributed by atoms with Crippen molar-refractivity contribution in [2.75, 3.05) is 0 Å². The highest BCUT2D eigenvalue weighted by molar-refractivity contribution is 9.10. The normalized spacial score (nSPS) is 12.9. The summed E-state index contributed by atoms with van der Waals surface area (Å²) in [5.74, 6) is 0. The third kappa shape index (κ3) is 3.58. The number of rotatable bonds is 4. The van der Waals surface area contributed by atoms with E-state index in [0.717, 1.165) is 10.0 Å². The molecular formula is C13H19BrO2. The van der Waals surface area contributed by atoms with Crippen molar-refractivity contribution in [3.05, 3.63) is 34.3 Å². The lowest BCUT2D eigenvalue weighted by atomic mass is 9.89. The summed E-state index contributed by atoms with van der Waals surface area (Å²) < 4.78 is 6.80. The van der Waals surface area contributed by atoms with Crippen LogP contribution in [0, 0.1) is 0 Å². The summed E-state index contributed by atoms with van der Waals surface area (Å²) >= 11 is 3.42. The molecule has 0 aliphatic carbocycles. The molecule has 0 saturated carbocycles. The molecule has 2 nitrogen and oxygen atoms in total. The molecule has 0 saturated heterocycles. The van der Waals surface area contributed by atoms with Crippen molar-refractivity contribution >= 4 is 15.9 Å². The first-order chi connectivity index (χ1) is 7.22. The van der Waals surface area contributed by atoms with Crippen LogP contribution < -0.4 is 0 Å². The maximum absolute atomic E-state index is 9.94. The molecule has 1 rings (SSSR count). The van der Waals surface area contributed by atoms with Crippen LogP contribution in [0.3, 0.4) is 0 Å². The van der Waals surface area contributed by atoms with E-state index in [0.29, 0.717) is 6.61 Å². The minimum Gasteiger partial charge on any atom is -0.387 e. The zero-order valence-electron chi connectivity index (χ0n) is 10.2. The van der Waals surface area contributed by atoms with Gasteiger partial charge in [0.05, 0.1) is 17.8 Å². The van der Waals surface area contributed by atoms with Crippen molar-refractivity contribution in [2.45, 2.75) is 45.5 Å². The Balaban J connectivity index is 2.65. The molecule has 3 heteroatoms. The van der Waals surface area contributed by atoms with Crippen molar-refractivity contribution in [3.8, 4) is 0 Å². The lowest BCUT2D eigenvalue weighted by Gasteiger charge is -2.37. The van der Waals surface area contributed by atoms with Gasteiger partial charge in [-0.25, -0.2) is 0 Å². The second-order valence-electron chi connectivity index (χ2n) is 4.99. The quantitative estimate of drug-likeness (QED) is 0.918. The fourth-order valence-corrected chi connectivity index (χ4v) is 1.51. The topological polar surface area (TPSA) is 29.5 Å². The summed E-state index contributed by atoms with van der Waals surface area (Å²) in [5, 5.41) is 9.94. The van der Waals surface area contributed by atoms with Gasteiger partial charge in [-0.05, 0) is 45.4 Å². The number of hydrogen-bond acceptors (Lipinski definition) is 2. The van der Waals surface area contributed by atoms with E-state index in [2.05, 4.69) is 15.9 Å². The maximum Gasteiger partial charge on any atom is 0.0911 e. The fraction of sp³-hybridized carbons (Fsp3) is 0.538. The Morgan fingerprint density at radius 1 is 1.25 bits per heavy atom. The molecule has 0 amide bonds. The highest BCUT2D eigenvalue weighted by Gasteiger charge is 2.35. The van der Waals surface area contributed by atoms with E-state index in [4.69, 9.17) is 4.74 Å². The van der Waals surface area contributed by atoms with Gasteiger partial charge in [0.25, 0.3) is 0 Å². The van der Waals surface area contributed by atoms with Crippen molar-refractivity contribution in [1.29, 1.82) is 0 Å². The predicted octanol–water partition coefficient (Wildman–Crippen LogP) is 3.52. The highest BCUT2D eigenvalue weighted by Crippen LogP contribution is 2.26. The largest absolute Gasteiger partial charge is 0.387 e. The van der Waals surface area contributed by atoms with Gasteiger partial charge in [-0.3, -0.25) is 0 Å². The standard InChI is InChI=1S/C13H19BrO2/c1-12(2,15)13(3,4)16-9-10-6-5-7-11(14)8-10/h5-8,15H,9H2,1-4H3. The molecule has 0 atom stereocenters. The Morgan fingerprint density at radius 2 is 1.88 bits per heavy atom. The first-order valence-corrected chi connectivity index (χ1v) is 6.12. The van der Waals surface area contributed by atoms with E-state index in [1.165, 1.54) is 0 Å². The smallest absolute Gasteiger partial charge is 0.0911 e. The molecule has 1 N–H and O–H groups in total. The van der Waals surface area contributed by atoms with Gasteiger partial charge in [0.15, 0.2) is 0 Å². The summed E-state index contributed by atoms with van der Waals surface area (Å²) in [6.45, 7) is 7.80. The number of halogens is 1. The molecule has 0 unspecified atom stereocenters. The average Bonchev–Trinajstić information content (AvgIpc) is 2.13. The fourth-order valence-electron chi connectivity index (χ4n) is 1.07. The molecule has 0 aliphatic heterocycles. The molecule has 0 heterocycles. The summed E-state index contributed by atoms with van der Waals surface area (Å²) in [5.41, 5.74) is -0.347. The molecule has 1 aromatic rings. The Kier molecular flexibility index (Phi) is 4.16. The van der Waals surface area contributed by atoms with Crippen LogP contribution in [-0.4, -0.2) is 16.3 Å². The van der Waals surface area contributed by atoms with Crippen LogP contribution in [-0.2, 0) is 11.3 Å². The van der Waals surface area contributed by atoms with Crippen molar-refractivity contribution in [3.63, 3.8) is 0 Å². The zero-order chi connectivity index (χ0) is 12.4. The van der Waals surface area contributed by atoms with E-state index in [1.807, 2.05) is 38.1 Å². The van der Waals surface area contributed by atoms with Gasteiger partial charge in [-0.15, -0.1) is 0 Å². The lowest BCUT2D eigenvalue weighted by molar-refractivity contribution is -0.153. The molecule has 16 heavy (non-hydrogen) atoms. The Morgan fingerprint density at radius 3 is 2.38 bits per heavy atom. The van der Waals surface area contributed by atoms with Gasteiger partial charge in [0.2, 0.25) is 0 Å². The highest BCUT2D eigenvalue weighted by atomic mass is 79.9. The molecule has 0 spiro atoms. The molecule has 0 aliphatic rings. The molecule has 0 bridgehead atoms. The van der Waals surface area contributed by atoms with Gasteiger partial charge in [-0.1, -0.05) is 28.1 Å². The second-order valence-corrected chi connectivity index (χ2v) is 5.90. The number of hydrogen-bond donors (Lipinski definition) is 1. The van der Waals surface area contributed by atoms with Gasteiger partial charge in [-0.2, -0.15) is 0 Å². The minimum absolute atomic E-state index is 0.496. The number of benzene rings is 1. The third-order valence-electron chi connectivity index (χ3n) is 2.96. The van der Waals surface area contributed by atoms with Crippen LogP contribution in [0.25, 0.3) is 0 Å². The molecule has 0 aromatic heterocycles. The average molecular weight is 287 g/mol. The molecule has 0 radical (unpaired) electrons. The van der Waals surface area contributed by atoms with Crippen molar-refractivity contribution in [1.82, 2.24) is 0 Å². The summed E-state index contributed by atoms with van der Waals surface area (Å²) in [6.07, 6.45) is 0. The minimum atomic E-state index is -0.862. The third-order valence-corrected chi connectivity index (χ3v) is 3.46. The Hall–Kier alpha value is -0.380. The van der Waals surface area contributed by atoms with Crippen molar-refractivity contribution in [2.24, 2.45) is 0 Å². The van der Waals surface area contributed by atoms with Gasteiger partial charge in [0, 0.05) is 4.47 Å². The van der Waals surface area contributed by atoms with Crippen LogP contribution in [0.4, 0.5) is 0 Å². The van der Waals surface area contributed by atoms with Crippen LogP contribution >= 0.6 is 15.9 Å². The monoisotopic (exact) mass is 286 g/mol. The van der Waals surface area contributed by atoms with E-state index in [9.17, 15) is 5.11 Å². The Bertz CT molecular complexity index is 353. The predicted molar refractivity (Wildman–Crippen MR) is 69.3 cm³/mol.